The zero-order valence-corrected chi connectivity index (χ0v) is 11.5. The van der Waals surface area contributed by atoms with Crippen LogP contribution in [0.3, 0.4) is 0 Å². The fourth-order valence-corrected chi connectivity index (χ4v) is 1.84. The van der Waals surface area contributed by atoms with E-state index in [2.05, 4.69) is 5.16 Å². The summed E-state index contributed by atoms with van der Waals surface area (Å²) in [6, 6.07) is 11.9. The fraction of sp³-hybridized carbons (Fsp3) is 0.133. The monoisotopic (exact) mass is 313 g/mol. The molecule has 2 nitrogen and oxygen atoms in total. The number of halogens is 4. The molecule has 0 N–H and O–H groups in total. The summed E-state index contributed by atoms with van der Waals surface area (Å²) in [7, 11) is 0. The van der Waals surface area contributed by atoms with Gasteiger partial charge in [0.25, 0.3) is 0 Å². The second kappa shape index (κ2) is 6.63. The second-order valence-electron chi connectivity index (χ2n) is 4.26. The number of rotatable bonds is 4. The molecule has 0 amide bonds. The van der Waals surface area contributed by atoms with E-state index in [0.717, 1.165) is 17.7 Å². The third-order valence-corrected chi connectivity index (χ3v) is 2.85. The molecule has 6 heteroatoms. The van der Waals surface area contributed by atoms with E-state index in [0.29, 0.717) is 10.6 Å². The topological polar surface area (TPSA) is 21.6 Å². The van der Waals surface area contributed by atoms with E-state index in [4.69, 9.17) is 16.4 Å². The normalized spacial score (nSPS) is 11.8. The lowest BCUT2D eigenvalue weighted by Gasteiger charge is -2.06. The Balaban J connectivity index is 1.96. The van der Waals surface area contributed by atoms with Crippen molar-refractivity contribution in [2.24, 2.45) is 5.16 Å². The first kappa shape index (κ1) is 15.4. The highest BCUT2D eigenvalue weighted by molar-refractivity contribution is 6.30. The van der Waals surface area contributed by atoms with Gasteiger partial charge in [0.05, 0.1) is 11.8 Å². The van der Waals surface area contributed by atoms with Gasteiger partial charge < -0.3 is 4.84 Å². The Kier molecular flexibility index (Phi) is 4.85. The van der Waals surface area contributed by atoms with Gasteiger partial charge in [-0.25, -0.2) is 0 Å². The summed E-state index contributed by atoms with van der Waals surface area (Å²) in [6.45, 7) is 0.190. The van der Waals surface area contributed by atoms with E-state index in [1.165, 1.54) is 18.3 Å². The van der Waals surface area contributed by atoms with Crippen LogP contribution in [0.25, 0.3) is 0 Å². The molecule has 0 saturated heterocycles. The predicted molar refractivity (Wildman–Crippen MR) is 75.3 cm³/mol. The lowest BCUT2D eigenvalue weighted by Crippen LogP contribution is -2.05. The Morgan fingerprint density at radius 3 is 2.57 bits per heavy atom. The first-order chi connectivity index (χ1) is 9.95. The van der Waals surface area contributed by atoms with Gasteiger partial charge in [0.1, 0.15) is 6.61 Å². The maximum absolute atomic E-state index is 12.5. The molecule has 0 spiro atoms. The van der Waals surface area contributed by atoms with Crippen molar-refractivity contribution in [3.63, 3.8) is 0 Å². The van der Waals surface area contributed by atoms with Gasteiger partial charge in [-0.2, -0.15) is 13.2 Å². The van der Waals surface area contributed by atoms with Crippen molar-refractivity contribution < 1.29 is 18.0 Å². The first-order valence-electron chi connectivity index (χ1n) is 6.02. The summed E-state index contributed by atoms with van der Waals surface area (Å²) >= 11 is 5.81. The van der Waals surface area contributed by atoms with Gasteiger partial charge in [0, 0.05) is 5.02 Å². The van der Waals surface area contributed by atoms with Crippen LogP contribution in [0, 0.1) is 0 Å². The van der Waals surface area contributed by atoms with E-state index in [1.807, 2.05) is 6.07 Å². The summed E-state index contributed by atoms with van der Waals surface area (Å²) in [5.41, 5.74) is 0.418. The van der Waals surface area contributed by atoms with Crippen LogP contribution in [0.15, 0.2) is 53.7 Å². The van der Waals surface area contributed by atoms with Gasteiger partial charge in [-0.3, -0.25) is 0 Å². The molecule has 0 fully saturated rings. The van der Waals surface area contributed by atoms with Crippen LogP contribution in [0.5, 0.6) is 0 Å². The molecule has 0 aromatic heterocycles. The van der Waals surface area contributed by atoms with Crippen LogP contribution < -0.4 is 0 Å². The summed E-state index contributed by atoms with van der Waals surface area (Å²) in [5, 5.41) is 4.24. The average molecular weight is 314 g/mol. The molecule has 0 aliphatic heterocycles. The van der Waals surface area contributed by atoms with Crippen LogP contribution >= 0.6 is 11.6 Å². The highest BCUT2D eigenvalue weighted by Crippen LogP contribution is 2.29. The highest BCUT2D eigenvalue weighted by atomic mass is 35.5. The lowest BCUT2D eigenvalue weighted by atomic mass is 10.1. The maximum Gasteiger partial charge on any atom is 0.416 e. The molecule has 0 unspecified atom stereocenters. The SMILES string of the molecule is FC(F)(F)c1cccc(C=NOCc2cccc(Cl)c2)c1. The number of oxime groups is 1. The molecule has 0 saturated carbocycles. The van der Waals surface area contributed by atoms with Crippen LogP contribution in [0.1, 0.15) is 16.7 Å². The fourth-order valence-electron chi connectivity index (χ4n) is 1.63. The second-order valence-corrected chi connectivity index (χ2v) is 4.70. The molecule has 0 aliphatic carbocycles. The summed E-state index contributed by atoms with van der Waals surface area (Å²) in [6.07, 6.45) is -3.13. The molecule has 2 aromatic rings. The summed E-state index contributed by atoms with van der Waals surface area (Å²) in [4.78, 5) is 5.03. The minimum Gasteiger partial charge on any atom is -0.391 e. The van der Waals surface area contributed by atoms with Gasteiger partial charge in [-0.15, -0.1) is 0 Å². The Bertz CT molecular complexity index is 641. The molecular formula is C15H11ClF3NO. The molecule has 2 rings (SSSR count). The van der Waals surface area contributed by atoms with Crippen LogP contribution in [-0.4, -0.2) is 6.21 Å². The molecule has 0 atom stereocenters. The largest absolute Gasteiger partial charge is 0.416 e. The van der Waals surface area contributed by atoms with E-state index in [1.54, 1.807) is 18.2 Å². The van der Waals surface area contributed by atoms with Gasteiger partial charge in [-0.05, 0) is 35.4 Å². The van der Waals surface area contributed by atoms with E-state index in [9.17, 15) is 13.2 Å². The molecule has 0 bridgehead atoms. The molecular weight excluding hydrogens is 303 g/mol. The van der Waals surface area contributed by atoms with Gasteiger partial charge in [0.15, 0.2) is 0 Å². The van der Waals surface area contributed by atoms with Crippen molar-refractivity contribution in [1.82, 2.24) is 0 Å². The maximum atomic E-state index is 12.5. The van der Waals surface area contributed by atoms with Crippen LogP contribution in [-0.2, 0) is 17.6 Å². The predicted octanol–water partition coefficient (Wildman–Crippen LogP) is 4.91. The van der Waals surface area contributed by atoms with Crippen molar-refractivity contribution in [3.05, 3.63) is 70.2 Å². The molecule has 21 heavy (non-hydrogen) atoms. The number of benzene rings is 2. The number of hydrogen-bond donors (Lipinski definition) is 0. The van der Waals surface area contributed by atoms with Gasteiger partial charge in [-0.1, -0.05) is 41.0 Å². The van der Waals surface area contributed by atoms with Crippen molar-refractivity contribution in [2.75, 3.05) is 0 Å². The third kappa shape index (κ3) is 4.79. The summed E-state index contributed by atoms with van der Waals surface area (Å²) < 4.78 is 37.6. The minimum absolute atomic E-state index is 0.190. The Hall–Kier alpha value is -2.01. The van der Waals surface area contributed by atoms with Crippen molar-refractivity contribution >= 4 is 17.8 Å². The number of nitrogens with zero attached hydrogens (tertiary/aromatic N) is 1. The number of alkyl halides is 3. The summed E-state index contributed by atoms with van der Waals surface area (Å²) in [5.74, 6) is 0. The number of hydrogen-bond acceptors (Lipinski definition) is 2. The third-order valence-electron chi connectivity index (χ3n) is 2.61. The molecule has 110 valence electrons. The zero-order chi connectivity index (χ0) is 15.3. The lowest BCUT2D eigenvalue weighted by molar-refractivity contribution is -0.137. The quantitative estimate of drug-likeness (QED) is 0.580. The van der Waals surface area contributed by atoms with Crippen molar-refractivity contribution in [1.29, 1.82) is 0 Å². The smallest absolute Gasteiger partial charge is 0.391 e. The Morgan fingerprint density at radius 2 is 1.86 bits per heavy atom. The first-order valence-corrected chi connectivity index (χ1v) is 6.40. The molecule has 0 radical (unpaired) electrons. The van der Waals surface area contributed by atoms with Crippen LogP contribution in [0.4, 0.5) is 13.2 Å². The highest BCUT2D eigenvalue weighted by Gasteiger charge is 2.30. The standard InChI is InChI=1S/C15H11ClF3NO/c16-14-6-2-4-12(8-14)10-21-20-9-11-3-1-5-13(7-11)15(17,18)19/h1-9H,10H2. The minimum atomic E-state index is -4.37. The van der Waals surface area contributed by atoms with E-state index in [-0.39, 0.29) is 6.61 Å². The average Bonchev–Trinajstić information content (AvgIpc) is 2.43. The molecule has 0 aliphatic rings. The molecule has 2 aromatic carbocycles. The van der Waals surface area contributed by atoms with Crippen LogP contribution in [0.2, 0.25) is 5.02 Å². The Morgan fingerprint density at radius 1 is 1.10 bits per heavy atom. The Labute approximate surface area is 124 Å². The van der Waals surface area contributed by atoms with Gasteiger partial charge in [0.2, 0.25) is 0 Å². The van der Waals surface area contributed by atoms with E-state index < -0.39 is 11.7 Å². The van der Waals surface area contributed by atoms with E-state index >= 15 is 0 Å². The molecule has 0 heterocycles. The van der Waals surface area contributed by atoms with Crippen molar-refractivity contribution in [3.8, 4) is 0 Å². The zero-order valence-electron chi connectivity index (χ0n) is 10.8. The van der Waals surface area contributed by atoms with Gasteiger partial charge >= 0.3 is 6.18 Å². The van der Waals surface area contributed by atoms with Crippen molar-refractivity contribution in [2.45, 2.75) is 12.8 Å².